The molecule has 0 unspecified atom stereocenters. The van der Waals surface area contributed by atoms with Crippen LogP contribution in [0.5, 0.6) is 0 Å². The molecule has 9 aromatic carbocycles. The average Bonchev–Trinajstić information content (AvgIpc) is 3.83. The molecule has 0 fully saturated rings. The Kier molecular flexibility index (Phi) is 5.73. The third-order valence-corrected chi connectivity index (χ3v) is 11.8. The summed E-state index contributed by atoms with van der Waals surface area (Å²) in [5.74, 6) is 0. The summed E-state index contributed by atoms with van der Waals surface area (Å²) in [4.78, 5) is 2.34. The Bertz CT molecular complexity index is 3090. The molecule has 0 atom stereocenters. The first-order valence-electron chi connectivity index (χ1n) is 18.3. The Balaban J connectivity index is 1.12. The van der Waals surface area contributed by atoms with Gasteiger partial charge in [-0.15, -0.1) is 0 Å². The zero-order valence-electron chi connectivity index (χ0n) is 28.8. The first-order chi connectivity index (χ1) is 26.3. The number of hydrogen-bond acceptors (Lipinski definition) is 2. The fourth-order valence-electron chi connectivity index (χ4n) is 9.57. The van der Waals surface area contributed by atoms with Crippen molar-refractivity contribution in [1.82, 2.24) is 0 Å². The number of rotatable bonds is 3. The van der Waals surface area contributed by atoms with Crippen molar-refractivity contribution in [3.63, 3.8) is 0 Å². The molecule has 0 amide bonds. The molecule has 2 nitrogen and oxygen atoms in total. The van der Waals surface area contributed by atoms with Gasteiger partial charge in [0.05, 0.1) is 5.41 Å². The maximum Gasteiger partial charge on any atom is 0.137 e. The molecular weight excluding hydrogens is 643 g/mol. The first kappa shape index (κ1) is 28.8. The molecule has 0 radical (unpaired) electrons. The van der Waals surface area contributed by atoms with E-state index < -0.39 is 5.41 Å². The maximum atomic E-state index is 6.38. The van der Waals surface area contributed by atoms with Gasteiger partial charge in [0.2, 0.25) is 0 Å². The van der Waals surface area contributed by atoms with E-state index in [-0.39, 0.29) is 0 Å². The summed E-state index contributed by atoms with van der Waals surface area (Å²) in [6, 6.07) is 69.1. The first-order valence-corrected chi connectivity index (χ1v) is 18.3. The van der Waals surface area contributed by atoms with Crippen molar-refractivity contribution in [2.45, 2.75) is 5.41 Å². The molecule has 1 spiro atoms. The van der Waals surface area contributed by atoms with Crippen LogP contribution in [0.15, 0.2) is 192 Å². The lowest BCUT2D eigenvalue weighted by Gasteiger charge is -2.31. The molecule has 0 bridgehead atoms. The minimum absolute atomic E-state index is 0.419. The number of furan rings is 1. The second kappa shape index (κ2) is 10.6. The third-order valence-electron chi connectivity index (χ3n) is 11.8. The van der Waals surface area contributed by atoms with Crippen molar-refractivity contribution < 1.29 is 4.42 Å². The molecule has 2 aliphatic carbocycles. The zero-order chi connectivity index (χ0) is 34.7. The van der Waals surface area contributed by atoms with Gasteiger partial charge in [0.1, 0.15) is 11.2 Å². The van der Waals surface area contributed by atoms with E-state index in [4.69, 9.17) is 4.42 Å². The van der Waals surface area contributed by atoms with Crippen molar-refractivity contribution in [2.75, 3.05) is 4.90 Å². The topological polar surface area (TPSA) is 16.4 Å². The van der Waals surface area contributed by atoms with Crippen molar-refractivity contribution >= 4 is 60.5 Å². The standard InChI is InChI=1S/C51H31NO/c1-2-14-36(15-3-1)52(38-24-25-42-41-18-8-11-21-49(41)53-50(42)31-38)37-23-22-34-28-44-43-27-32-12-4-5-13-33(32)29-47(43)51(48(44)30-35(34)26-37)45-19-9-6-16-39(45)40-17-7-10-20-46(40)51/h1-31H. The summed E-state index contributed by atoms with van der Waals surface area (Å²) < 4.78 is 6.38. The summed E-state index contributed by atoms with van der Waals surface area (Å²) in [7, 11) is 0. The summed E-state index contributed by atoms with van der Waals surface area (Å²) in [6.45, 7) is 0. The Morgan fingerprint density at radius 1 is 0.321 bits per heavy atom. The Morgan fingerprint density at radius 3 is 1.62 bits per heavy atom. The summed E-state index contributed by atoms with van der Waals surface area (Å²) >= 11 is 0. The predicted octanol–water partition coefficient (Wildman–Crippen LogP) is 13.7. The Labute approximate surface area is 306 Å². The number of benzene rings is 9. The van der Waals surface area contributed by atoms with Crippen LogP contribution in [0.3, 0.4) is 0 Å². The fourth-order valence-corrected chi connectivity index (χ4v) is 9.57. The van der Waals surface area contributed by atoms with Gasteiger partial charge in [-0.1, -0.05) is 115 Å². The lowest BCUT2D eigenvalue weighted by atomic mass is 9.70. The van der Waals surface area contributed by atoms with Gasteiger partial charge >= 0.3 is 0 Å². The molecule has 0 N–H and O–H groups in total. The molecule has 1 heterocycles. The van der Waals surface area contributed by atoms with Crippen LogP contribution in [-0.2, 0) is 5.41 Å². The van der Waals surface area contributed by atoms with Gasteiger partial charge in [0, 0.05) is 33.9 Å². The lowest BCUT2D eigenvalue weighted by molar-refractivity contribution is 0.669. The maximum absolute atomic E-state index is 6.38. The lowest BCUT2D eigenvalue weighted by Crippen LogP contribution is -2.25. The normalized spacial score (nSPS) is 13.4. The van der Waals surface area contributed by atoms with Crippen LogP contribution in [0.1, 0.15) is 22.3 Å². The highest BCUT2D eigenvalue weighted by atomic mass is 16.3. The van der Waals surface area contributed by atoms with Crippen LogP contribution in [0.2, 0.25) is 0 Å². The van der Waals surface area contributed by atoms with Crippen molar-refractivity contribution in [1.29, 1.82) is 0 Å². The second-order valence-corrected chi connectivity index (χ2v) is 14.5. The third kappa shape index (κ3) is 3.87. The minimum Gasteiger partial charge on any atom is -0.456 e. The van der Waals surface area contributed by atoms with E-state index in [1.807, 2.05) is 12.1 Å². The highest BCUT2D eigenvalue weighted by Crippen LogP contribution is 2.63. The van der Waals surface area contributed by atoms with E-state index in [0.717, 1.165) is 39.0 Å². The fraction of sp³-hybridized carbons (Fsp3) is 0.0196. The molecule has 12 rings (SSSR count). The van der Waals surface area contributed by atoms with Crippen LogP contribution in [-0.4, -0.2) is 0 Å². The highest BCUT2D eigenvalue weighted by Gasteiger charge is 2.51. The molecular formula is C51H31NO. The summed E-state index contributed by atoms with van der Waals surface area (Å²) in [5.41, 5.74) is 15.3. The van der Waals surface area contributed by atoms with Gasteiger partial charge in [-0.05, 0) is 133 Å². The largest absolute Gasteiger partial charge is 0.456 e. The quantitative estimate of drug-likeness (QED) is 0.186. The van der Waals surface area contributed by atoms with Crippen LogP contribution >= 0.6 is 0 Å². The number of para-hydroxylation sites is 2. The number of anilines is 3. The monoisotopic (exact) mass is 673 g/mol. The average molecular weight is 674 g/mol. The van der Waals surface area contributed by atoms with Gasteiger partial charge in [0.15, 0.2) is 0 Å². The van der Waals surface area contributed by atoms with E-state index >= 15 is 0 Å². The van der Waals surface area contributed by atoms with Gasteiger partial charge < -0.3 is 9.32 Å². The predicted molar refractivity (Wildman–Crippen MR) is 220 cm³/mol. The van der Waals surface area contributed by atoms with Crippen LogP contribution in [0, 0.1) is 0 Å². The molecule has 2 heteroatoms. The van der Waals surface area contributed by atoms with E-state index in [2.05, 4.69) is 181 Å². The highest BCUT2D eigenvalue weighted by molar-refractivity contribution is 6.07. The number of hydrogen-bond donors (Lipinski definition) is 0. The van der Waals surface area contributed by atoms with Crippen molar-refractivity contribution in [3.05, 3.63) is 210 Å². The molecule has 10 aromatic rings. The molecule has 2 aliphatic rings. The van der Waals surface area contributed by atoms with E-state index in [1.165, 1.54) is 66.1 Å². The van der Waals surface area contributed by atoms with Crippen molar-refractivity contribution in [3.8, 4) is 22.3 Å². The van der Waals surface area contributed by atoms with Crippen LogP contribution in [0.4, 0.5) is 17.1 Å². The summed E-state index contributed by atoms with van der Waals surface area (Å²) in [6.07, 6.45) is 0. The number of fused-ring (bicyclic) bond motifs is 15. The van der Waals surface area contributed by atoms with Gasteiger partial charge in [-0.3, -0.25) is 0 Å². The van der Waals surface area contributed by atoms with E-state index in [0.29, 0.717) is 0 Å². The van der Waals surface area contributed by atoms with Crippen LogP contribution < -0.4 is 4.90 Å². The number of nitrogens with zero attached hydrogens (tertiary/aromatic N) is 1. The van der Waals surface area contributed by atoms with Gasteiger partial charge in [-0.2, -0.15) is 0 Å². The molecule has 246 valence electrons. The molecule has 0 saturated heterocycles. The van der Waals surface area contributed by atoms with Crippen LogP contribution in [0.25, 0.3) is 65.7 Å². The SMILES string of the molecule is c1ccc(N(c2ccc3cc4c(cc3c2)C2(c3ccccc3-c3ccccc32)c2cc3ccccc3cc2-4)c2ccc3c(c2)oc2ccccc23)cc1. The van der Waals surface area contributed by atoms with Crippen molar-refractivity contribution in [2.24, 2.45) is 0 Å². The summed E-state index contributed by atoms with van der Waals surface area (Å²) in [5, 5.41) is 7.24. The zero-order valence-corrected chi connectivity index (χ0v) is 28.8. The Morgan fingerprint density at radius 2 is 0.868 bits per heavy atom. The van der Waals surface area contributed by atoms with E-state index in [1.54, 1.807) is 0 Å². The second-order valence-electron chi connectivity index (χ2n) is 14.5. The van der Waals surface area contributed by atoms with Gasteiger partial charge in [0.25, 0.3) is 0 Å². The Hall–Kier alpha value is -6.90. The van der Waals surface area contributed by atoms with E-state index in [9.17, 15) is 0 Å². The van der Waals surface area contributed by atoms with Gasteiger partial charge in [-0.25, -0.2) is 0 Å². The smallest absolute Gasteiger partial charge is 0.137 e. The molecule has 1 aromatic heterocycles. The minimum atomic E-state index is -0.419. The molecule has 0 saturated carbocycles. The molecule has 53 heavy (non-hydrogen) atoms. The molecule has 0 aliphatic heterocycles.